The fraction of sp³-hybridized carbons (Fsp3) is 0.800. The molecule has 1 N–H and O–H groups in total. The van der Waals surface area contributed by atoms with Gasteiger partial charge in [0.05, 0.1) is 0 Å². The third-order valence-electron chi connectivity index (χ3n) is 0.697. The van der Waals surface area contributed by atoms with Gasteiger partial charge in [-0.1, -0.05) is 18.5 Å². The van der Waals surface area contributed by atoms with Crippen LogP contribution in [0.4, 0.5) is 0 Å². The van der Waals surface area contributed by atoms with Crippen LogP contribution in [-0.2, 0) is 0 Å². The average Bonchev–Trinajstić information content (AvgIpc) is 1.69. The number of hydrogen-bond donors (Lipinski definition) is 1. The van der Waals surface area contributed by atoms with Crippen LogP contribution in [0.15, 0.2) is 0 Å². The molecule has 0 fully saturated rings. The minimum atomic E-state index is 0.692. The molecule has 0 rings (SSSR count). The highest BCUT2D eigenvalue weighted by atomic mass is 32.1. The average molecular weight is 118 g/mol. The lowest BCUT2D eigenvalue weighted by molar-refractivity contribution is 0.676. The molecular weight excluding hydrogens is 108 g/mol. The van der Waals surface area contributed by atoms with Crippen LogP contribution < -0.4 is 0 Å². The van der Waals surface area contributed by atoms with Crippen molar-refractivity contribution in [3.8, 4) is 5.18 Å². The number of rotatable bonds is 2. The quantitative estimate of drug-likeness (QED) is 0.436. The Morgan fingerprint density at radius 3 is 2.86 bits per heavy atom. The SMILES string of the molecule is CCCCC#SO. The van der Waals surface area contributed by atoms with E-state index in [1.807, 2.05) is 0 Å². The zero-order valence-electron chi connectivity index (χ0n) is 4.48. The summed E-state index contributed by atoms with van der Waals surface area (Å²) in [5, 5.41) is 2.72. The molecule has 2 heteroatoms. The standard InChI is InChI=1S/C5H10OS/c1-2-3-4-5-7-6/h6H,2-4H2,1H3. The third kappa shape index (κ3) is 5.96. The molecule has 0 atom stereocenters. The van der Waals surface area contributed by atoms with Crippen LogP contribution in [0.5, 0.6) is 0 Å². The van der Waals surface area contributed by atoms with Gasteiger partial charge in [0, 0.05) is 17.9 Å². The number of hydrogen-bond acceptors (Lipinski definition) is 1. The first-order chi connectivity index (χ1) is 3.41. The summed E-state index contributed by atoms with van der Waals surface area (Å²) < 4.78 is 8.10. The van der Waals surface area contributed by atoms with Gasteiger partial charge < -0.3 is 4.55 Å². The van der Waals surface area contributed by atoms with Gasteiger partial charge in [-0.3, -0.25) is 0 Å². The normalized spacial score (nSPS) is 7.71. The molecule has 0 amide bonds. The summed E-state index contributed by atoms with van der Waals surface area (Å²) in [5.41, 5.74) is 0. The highest BCUT2D eigenvalue weighted by Crippen LogP contribution is 1.91. The lowest BCUT2D eigenvalue weighted by atomic mass is 10.3. The third-order valence-corrected chi connectivity index (χ3v) is 1.03. The van der Waals surface area contributed by atoms with Gasteiger partial charge in [0.15, 0.2) is 0 Å². The van der Waals surface area contributed by atoms with Gasteiger partial charge >= 0.3 is 0 Å². The highest BCUT2D eigenvalue weighted by molar-refractivity contribution is 7.82. The molecule has 0 aliphatic heterocycles. The largest absolute Gasteiger partial charge is 0.302 e. The van der Waals surface area contributed by atoms with Crippen LogP contribution in [0, 0.1) is 5.18 Å². The van der Waals surface area contributed by atoms with Crippen molar-refractivity contribution in [2.75, 3.05) is 0 Å². The second-order valence-corrected chi connectivity index (χ2v) is 1.81. The van der Waals surface area contributed by atoms with E-state index in [0.717, 1.165) is 12.8 Å². The predicted molar refractivity (Wildman–Crippen MR) is 33.6 cm³/mol. The molecule has 0 aromatic rings. The molecule has 0 heterocycles. The van der Waals surface area contributed by atoms with Crippen molar-refractivity contribution in [2.24, 2.45) is 0 Å². The summed E-state index contributed by atoms with van der Waals surface area (Å²) in [6, 6.07) is 0. The summed E-state index contributed by atoms with van der Waals surface area (Å²) in [6.07, 6.45) is 3.21. The van der Waals surface area contributed by atoms with E-state index in [9.17, 15) is 0 Å². The van der Waals surface area contributed by atoms with Crippen LogP contribution in [0.2, 0.25) is 0 Å². The molecule has 0 spiro atoms. The molecule has 0 aliphatic carbocycles. The Morgan fingerprint density at radius 1 is 1.71 bits per heavy atom. The highest BCUT2D eigenvalue weighted by Gasteiger charge is 1.73. The maximum absolute atomic E-state index is 8.10. The minimum Gasteiger partial charge on any atom is -0.302 e. The molecular formula is C5H10OS. The van der Waals surface area contributed by atoms with Crippen molar-refractivity contribution in [1.82, 2.24) is 0 Å². The molecule has 0 radical (unpaired) electrons. The molecule has 0 aliphatic rings. The van der Waals surface area contributed by atoms with Crippen molar-refractivity contribution in [3.63, 3.8) is 0 Å². The summed E-state index contributed by atoms with van der Waals surface area (Å²) in [4.78, 5) is 0. The van der Waals surface area contributed by atoms with E-state index in [2.05, 4.69) is 12.1 Å². The lowest BCUT2D eigenvalue weighted by Gasteiger charge is -1.80. The second-order valence-electron chi connectivity index (χ2n) is 1.34. The Bertz CT molecular complexity index is 79.8. The van der Waals surface area contributed by atoms with Gasteiger partial charge in [0.25, 0.3) is 0 Å². The first-order valence-electron chi connectivity index (χ1n) is 2.45. The molecule has 1 nitrogen and oxygen atoms in total. The van der Waals surface area contributed by atoms with Gasteiger partial charge in [-0.05, 0) is 6.42 Å². The monoisotopic (exact) mass is 118 g/mol. The van der Waals surface area contributed by atoms with E-state index in [0.29, 0.717) is 11.5 Å². The summed E-state index contributed by atoms with van der Waals surface area (Å²) in [5.74, 6) is 0. The molecule has 0 aromatic carbocycles. The second kappa shape index (κ2) is 5.96. The van der Waals surface area contributed by atoms with Crippen molar-refractivity contribution in [3.05, 3.63) is 0 Å². The molecule has 0 saturated heterocycles. The molecule has 7 heavy (non-hydrogen) atoms. The minimum absolute atomic E-state index is 0.692. The molecule has 42 valence electrons. The number of unbranched alkanes of at least 4 members (excludes halogenated alkanes) is 2. The smallest absolute Gasteiger partial charge is 0.0189 e. The fourth-order valence-corrected chi connectivity index (χ4v) is 0.530. The lowest BCUT2D eigenvalue weighted by Crippen LogP contribution is -1.63. The Balaban J connectivity index is 2.78. The van der Waals surface area contributed by atoms with E-state index >= 15 is 0 Å². The molecule has 0 bridgehead atoms. The molecule has 0 saturated carbocycles. The molecule has 0 unspecified atom stereocenters. The maximum Gasteiger partial charge on any atom is 0.0189 e. The van der Waals surface area contributed by atoms with Gasteiger partial charge in [-0.15, -0.1) is 0 Å². The summed E-state index contributed by atoms with van der Waals surface area (Å²) in [6.45, 7) is 2.11. The van der Waals surface area contributed by atoms with E-state index in [1.54, 1.807) is 0 Å². The summed E-state index contributed by atoms with van der Waals surface area (Å²) in [7, 11) is 0. The van der Waals surface area contributed by atoms with Crippen LogP contribution in [0.25, 0.3) is 0 Å². The van der Waals surface area contributed by atoms with Gasteiger partial charge in [0.1, 0.15) is 0 Å². The van der Waals surface area contributed by atoms with Crippen LogP contribution in [0.1, 0.15) is 26.2 Å². The first-order valence-corrected chi connectivity index (χ1v) is 3.22. The Labute approximate surface area is 48.2 Å². The topological polar surface area (TPSA) is 20.2 Å². The van der Waals surface area contributed by atoms with E-state index < -0.39 is 0 Å². The van der Waals surface area contributed by atoms with Crippen molar-refractivity contribution in [1.29, 1.82) is 0 Å². The van der Waals surface area contributed by atoms with E-state index in [-0.39, 0.29) is 0 Å². The van der Waals surface area contributed by atoms with Gasteiger partial charge in [-0.25, -0.2) is 0 Å². The van der Waals surface area contributed by atoms with Gasteiger partial charge in [0.2, 0.25) is 0 Å². The molecule has 0 aromatic heterocycles. The van der Waals surface area contributed by atoms with E-state index in [1.165, 1.54) is 6.42 Å². The Morgan fingerprint density at radius 2 is 2.43 bits per heavy atom. The van der Waals surface area contributed by atoms with Crippen molar-refractivity contribution in [2.45, 2.75) is 26.2 Å². The summed E-state index contributed by atoms with van der Waals surface area (Å²) >= 11 is 0.692. The van der Waals surface area contributed by atoms with E-state index in [4.69, 9.17) is 4.55 Å². The maximum atomic E-state index is 8.10. The van der Waals surface area contributed by atoms with Crippen molar-refractivity contribution >= 4 is 11.5 Å². The Hall–Kier alpha value is -0.0400. The fourth-order valence-electron chi connectivity index (χ4n) is 0.295. The van der Waals surface area contributed by atoms with Crippen LogP contribution >= 0.6 is 11.5 Å². The zero-order valence-corrected chi connectivity index (χ0v) is 5.29. The van der Waals surface area contributed by atoms with Crippen LogP contribution in [0.3, 0.4) is 0 Å². The zero-order chi connectivity index (χ0) is 5.54. The first kappa shape index (κ1) is 6.96. The van der Waals surface area contributed by atoms with Gasteiger partial charge in [-0.2, -0.15) is 0 Å². The predicted octanol–water partition coefficient (Wildman–Crippen LogP) is 2.34. The van der Waals surface area contributed by atoms with Crippen molar-refractivity contribution < 1.29 is 4.55 Å². The Kier molecular flexibility index (Phi) is 5.93. The van der Waals surface area contributed by atoms with Crippen LogP contribution in [-0.4, -0.2) is 4.55 Å².